The first-order chi connectivity index (χ1) is 8.97. The highest BCUT2D eigenvalue weighted by molar-refractivity contribution is 7.89. The predicted molar refractivity (Wildman–Crippen MR) is 69.8 cm³/mol. The third-order valence-electron chi connectivity index (χ3n) is 3.42. The smallest absolute Gasteiger partial charge is 0.241 e. The lowest BCUT2D eigenvalue weighted by molar-refractivity contribution is 0.0532. The van der Waals surface area contributed by atoms with Crippen LogP contribution in [0.2, 0.25) is 0 Å². The molecule has 0 saturated heterocycles. The van der Waals surface area contributed by atoms with E-state index in [-0.39, 0.29) is 17.0 Å². The van der Waals surface area contributed by atoms with Crippen molar-refractivity contribution in [1.82, 2.24) is 4.72 Å². The molecule has 1 aromatic carbocycles. The van der Waals surface area contributed by atoms with Gasteiger partial charge in [-0.1, -0.05) is 25.0 Å². The summed E-state index contributed by atoms with van der Waals surface area (Å²) in [5.74, 6) is 0. The van der Waals surface area contributed by atoms with Crippen molar-refractivity contribution in [3.63, 3.8) is 0 Å². The van der Waals surface area contributed by atoms with Gasteiger partial charge < -0.3 is 5.11 Å². The van der Waals surface area contributed by atoms with E-state index in [9.17, 15) is 13.5 Å². The molecule has 2 N–H and O–H groups in total. The Hall–Kier alpha value is -1.42. The molecular weight excluding hydrogens is 264 g/mol. The summed E-state index contributed by atoms with van der Waals surface area (Å²) in [5, 5.41) is 19.1. The van der Waals surface area contributed by atoms with Crippen LogP contribution in [-0.4, -0.2) is 25.7 Å². The summed E-state index contributed by atoms with van der Waals surface area (Å²) in [4.78, 5) is -0.0425. The van der Waals surface area contributed by atoms with Gasteiger partial charge in [0.1, 0.15) is 6.07 Å². The van der Waals surface area contributed by atoms with Crippen molar-refractivity contribution in [2.75, 3.05) is 6.54 Å². The third kappa shape index (κ3) is 3.13. The maximum Gasteiger partial charge on any atom is 0.241 e. The molecule has 0 aliphatic heterocycles. The molecule has 0 spiro atoms. The summed E-state index contributed by atoms with van der Waals surface area (Å²) < 4.78 is 26.7. The van der Waals surface area contributed by atoms with E-state index in [1.165, 1.54) is 12.1 Å². The molecule has 1 fully saturated rings. The Morgan fingerprint density at radius 1 is 1.32 bits per heavy atom. The molecule has 19 heavy (non-hydrogen) atoms. The maximum atomic E-state index is 12.1. The normalized spacial score (nSPS) is 18.1. The summed E-state index contributed by atoms with van der Waals surface area (Å²) in [7, 11) is -3.76. The standard InChI is InChI=1S/C13H16N2O3S/c14-9-11-5-1-2-6-12(11)19(17,18)15-10-13(16)7-3-4-8-13/h1-2,5-6,15-16H,3-4,7-8,10H2. The van der Waals surface area contributed by atoms with Gasteiger partial charge in [0.2, 0.25) is 10.0 Å². The van der Waals surface area contributed by atoms with E-state index in [2.05, 4.69) is 4.72 Å². The fourth-order valence-corrected chi connectivity index (χ4v) is 3.59. The van der Waals surface area contributed by atoms with Gasteiger partial charge in [0.25, 0.3) is 0 Å². The Morgan fingerprint density at radius 2 is 1.95 bits per heavy atom. The van der Waals surface area contributed by atoms with Gasteiger partial charge in [-0.15, -0.1) is 0 Å². The lowest BCUT2D eigenvalue weighted by Crippen LogP contribution is -2.40. The molecule has 1 aromatic rings. The second-order valence-electron chi connectivity index (χ2n) is 4.86. The molecule has 0 bridgehead atoms. The number of hydrogen-bond donors (Lipinski definition) is 2. The first-order valence-electron chi connectivity index (χ1n) is 6.18. The van der Waals surface area contributed by atoms with E-state index in [0.717, 1.165) is 12.8 Å². The number of nitrogens with one attached hydrogen (secondary N) is 1. The molecule has 0 heterocycles. The molecule has 6 heteroatoms. The van der Waals surface area contributed by atoms with Crippen LogP contribution in [0.4, 0.5) is 0 Å². The first kappa shape index (κ1) is 14.0. The minimum absolute atomic E-state index is 0.00486. The van der Waals surface area contributed by atoms with E-state index in [4.69, 9.17) is 5.26 Å². The highest BCUT2D eigenvalue weighted by atomic mass is 32.2. The predicted octanol–water partition coefficient (Wildman–Crippen LogP) is 1.14. The summed E-state index contributed by atoms with van der Waals surface area (Å²) in [6.45, 7) is -0.00486. The van der Waals surface area contributed by atoms with Crippen LogP contribution < -0.4 is 4.72 Å². The molecule has 102 valence electrons. The lowest BCUT2D eigenvalue weighted by Gasteiger charge is -2.22. The van der Waals surface area contributed by atoms with Crippen LogP contribution in [-0.2, 0) is 10.0 Å². The van der Waals surface area contributed by atoms with E-state index in [0.29, 0.717) is 12.8 Å². The molecule has 1 saturated carbocycles. The van der Waals surface area contributed by atoms with Gasteiger partial charge in [0.05, 0.1) is 16.1 Å². The van der Waals surface area contributed by atoms with Crippen molar-refractivity contribution in [2.24, 2.45) is 0 Å². The van der Waals surface area contributed by atoms with Crippen molar-refractivity contribution < 1.29 is 13.5 Å². The van der Waals surface area contributed by atoms with E-state index in [1.54, 1.807) is 12.1 Å². The third-order valence-corrected chi connectivity index (χ3v) is 4.88. The van der Waals surface area contributed by atoms with Crippen LogP contribution in [0, 0.1) is 11.3 Å². The topological polar surface area (TPSA) is 90.2 Å². The molecule has 2 rings (SSSR count). The molecule has 1 aliphatic carbocycles. The zero-order valence-electron chi connectivity index (χ0n) is 10.5. The fourth-order valence-electron chi connectivity index (χ4n) is 2.31. The minimum Gasteiger partial charge on any atom is -0.389 e. The number of aliphatic hydroxyl groups is 1. The average Bonchev–Trinajstić information content (AvgIpc) is 2.84. The average molecular weight is 280 g/mol. The Kier molecular flexibility index (Phi) is 3.90. The Labute approximate surface area is 112 Å². The molecule has 5 nitrogen and oxygen atoms in total. The molecule has 0 unspecified atom stereocenters. The van der Waals surface area contributed by atoms with Crippen LogP contribution in [0.3, 0.4) is 0 Å². The summed E-state index contributed by atoms with van der Waals surface area (Å²) >= 11 is 0. The van der Waals surface area contributed by atoms with Gasteiger partial charge in [-0.05, 0) is 25.0 Å². The van der Waals surface area contributed by atoms with Crippen molar-refractivity contribution >= 4 is 10.0 Å². The largest absolute Gasteiger partial charge is 0.389 e. The zero-order chi connectivity index (χ0) is 13.9. The van der Waals surface area contributed by atoms with Gasteiger partial charge in [-0.2, -0.15) is 5.26 Å². The maximum absolute atomic E-state index is 12.1. The van der Waals surface area contributed by atoms with Gasteiger partial charge in [-0.3, -0.25) is 0 Å². The SMILES string of the molecule is N#Cc1ccccc1S(=O)(=O)NCC1(O)CCCC1. The van der Waals surface area contributed by atoms with Crippen LogP contribution >= 0.6 is 0 Å². The number of sulfonamides is 1. The van der Waals surface area contributed by atoms with Gasteiger partial charge >= 0.3 is 0 Å². The Bertz CT molecular complexity index is 599. The molecule has 0 amide bonds. The van der Waals surface area contributed by atoms with Crippen LogP contribution in [0.25, 0.3) is 0 Å². The summed E-state index contributed by atoms with van der Waals surface area (Å²) in [6.07, 6.45) is 3.03. The van der Waals surface area contributed by atoms with Gasteiger partial charge in [0, 0.05) is 6.54 Å². The number of benzene rings is 1. The van der Waals surface area contributed by atoms with Crippen LogP contribution in [0.5, 0.6) is 0 Å². The first-order valence-corrected chi connectivity index (χ1v) is 7.66. The Morgan fingerprint density at radius 3 is 2.58 bits per heavy atom. The van der Waals surface area contributed by atoms with Gasteiger partial charge in [0.15, 0.2) is 0 Å². The summed E-state index contributed by atoms with van der Waals surface area (Å²) in [6, 6.07) is 7.89. The Balaban J connectivity index is 2.17. The minimum atomic E-state index is -3.76. The van der Waals surface area contributed by atoms with E-state index in [1.807, 2.05) is 6.07 Å². The molecule has 0 atom stereocenters. The number of hydrogen-bond acceptors (Lipinski definition) is 4. The van der Waals surface area contributed by atoms with Crippen LogP contribution in [0.1, 0.15) is 31.2 Å². The van der Waals surface area contributed by atoms with Crippen LogP contribution in [0.15, 0.2) is 29.2 Å². The molecule has 1 aliphatic rings. The second-order valence-corrected chi connectivity index (χ2v) is 6.60. The highest BCUT2D eigenvalue weighted by Gasteiger charge is 2.32. The zero-order valence-corrected chi connectivity index (χ0v) is 11.3. The molecule has 0 radical (unpaired) electrons. The van der Waals surface area contributed by atoms with Crippen molar-refractivity contribution in [1.29, 1.82) is 5.26 Å². The fraction of sp³-hybridized carbons (Fsp3) is 0.462. The van der Waals surface area contributed by atoms with E-state index >= 15 is 0 Å². The van der Waals surface area contributed by atoms with Crippen molar-refractivity contribution in [3.8, 4) is 6.07 Å². The van der Waals surface area contributed by atoms with Gasteiger partial charge in [-0.25, -0.2) is 13.1 Å². The monoisotopic (exact) mass is 280 g/mol. The number of rotatable bonds is 4. The number of nitriles is 1. The quantitative estimate of drug-likeness (QED) is 0.865. The van der Waals surface area contributed by atoms with E-state index < -0.39 is 15.6 Å². The molecule has 0 aromatic heterocycles. The number of nitrogens with zero attached hydrogens (tertiary/aromatic N) is 1. The van der Waals surface area contributed by atoms with Crippen molar-refractivity contribution in [3.05, 3.63) is 29.8 Å². The molecular formula is C13H16N2O3S. The lowest BCUT2D eigenvalue weighted by atomic mass is 10.0. The second kappa shape index (κ2) is 5.29. The summed E-state index contributed by atoms with van der Waals surface area (Å²) in [5.41, 5.74) is -0.845. The van der Waals surface area contributed by atoms with Crippen molar-refractivity contribution in [2.45, 2.75) is 36.2 Å². The highest BCUT2D eigenvalue weighted by Crippen LogP contribution is 2.29.